The van der Waals surface area contributed by atoms with Crippen molar-refractivity contribution in [1.29, 1.82) is 0 Å². The summed E-state index contributed by atoms with van der Waals surface area (Å²) in [5.74, 6) is -0.196. The van der Waals surface area contributed by atoms with Gasteiger partial charge in [0.2, 0.25) is 5.13 Å². The molecule has 0 bridgehead atoms. The summed E-state index contributed by atoms with van der Waals surface area (Å²) < 4.78 is 15.7. The molecule has 3 aromatic rings. The highest BCUT2D eigenvalue weighted by Crippen LogP contribution is 2.29. The van der Waals surface area contributed by atoms with Crippen LogP contribution in [0.4, 0.5) is 9.52 Å². The predicted molar refractivity (Wildman–Crippen MR) is 96.8 cm³/mol. The Morgan fingerprint density at radius 2 is 2.00 bits per heavy atom. The van der Waals surface area contributed by atoms with Gasteiger partial charge in [-0.05, 0) is 24.5 Å². The fourth-order valence-corrected chi connectivity index (χ4v) is 4.14. The molecule has 1 saturated heterocycles. The van der Waals surface area contributed by atoms with Crippen LogP contribution in [0.2, 0.25) is 5.02 Å². The molecule has 0 N–H and O–H groups in total. The van der Waals surface area contributed by atoms with Gasteiger partial charge in [0.05, 0.1) is 17.3 Å². The van der Waals surface area contributed by atoms with Crippen LogP contribution in [0.25, 0.3) is 0 Å². The van der Waals surface area contributed by atoms with Crippen molar-refractivity contribution in [2.45, 2.75) is 25.3 Å². The maximum atomic E-state index is 13.8. The van der Waals surface area contributed by atoms with Gasteiger partial charge in [0, 0.05) is 25.7 Å². The van der Waals surface area contributed by atoms with E-state index in [0.717, 1.165) is 36.1 Å². The van der Waals surface area contributed by atoms with E-state index < -0.39 is 0 Å². The summed E-state index contributed by atoms with van der Waals surface area (Å²) in [6.07, 6.45) is 6.00. The van der Waals surface area contributed by atoms with Crippen LogP contribution in [0.15, 0.2) is 36.7 Å². The van der Waals surface area contributed by atoms with Gasteiger partial charge in [-0.25, -0.2) is 4.39 Å². The highest BCUT2D eigenvalue weighted by atomic mass is 35.5. The molecule has 0 unspecified atom stereocenters. The third-order valence-corrected chi connectivity index (χ3v) is 5.61. The number of aromatic nitrogens is 4. The minimum absolute atomic E-state index is 0.196. The molecule has 0 saturated carbocycles. The monoisotopic (exact) mass is 377 g/mol. The number of hydrogen-bond acceptors (Lipinski definition) is 5. The van der Waals surface area contributed by atoms with Gasteiger partial charge in [-0.3, -0.25) is 4.68 Å². The number of benzene rings is 1. The van der Waals surface area contributed by atoms with Crippen LogP contribution >= 0.6 is 22.9 Å². The van der Waals surface area contributed by atoms with E-state index in [1.807, 2.05) is 16.9 Å². The molecule has 0 radical (unpaired) electrons. The molecule has 2 aromatic heterocycles. The Kier molecular flexibility index (Phi) is 4.67. The van der Waals surface area contributed by atoms with Crippen molar-refractivity contribution < 1.29 is 4.39 Å². The number of hydrogen-bond donors (Lipinski definition) is 0. The molecule has 0 aliphatic carbocycles. The van der Waals surface area contributed by atoms with Crippen molar-refractivity contribution in [3.05, 3.63) is 58.1 Å². The maximum Gasteiger partial charge on any atom is 0.208 e. The Bertz CT molecular complexity index is 856. The number of halogens is 2. The Balaban J connectivity index is 1.39. The van der Waals surface area contributed by atoms with E-state index in [1.165, 1.54) is 17.4 Å². The molecule has 1 aliphatic heterocycles. The zero-order valence-corrected chi connectivity index (χ0v) is 15.0. The fourth-order valence-electron chi connectivity index (χ4n) is 3.08. The maximum absolute atomic E-state index is 13.8. The third kappa shape index (κ3) is 3.67. The van der Waals surface area contributed by atoms with Crippen molar-refractivity contribution in [3.63, 3.8) is 0 Å². The van der Waals surface area contributed by atoms with E-state index in [9.17, 15) is 4.39 Å². The summed E-state index contributed by atoms with van der Waals surface area (Å²) in [5, 5.41) is 15.2. The third-order valence-electron chi connectivity index (χ3n) is 4.43. The number of piperidine rings is 1. The molecule has 5 nitrogen and oxygen atoms in total. The first-order valence-corrected chi connectivity index (χ1v) is 9.39. The van der Waals surface area contributed by atoms with Gasteiger partial charge in [0.1, 0.15) is 10.8 Å². The summed E-state index contributed by atoms with van der Waals surface area (Å²) in [7, 11) is 0. The quantitative estimate of drug-likeness (QED) is 0.690. The fraction of sp³-hybridized carbons (Fsp3) is 0.353. The van der Waals surface area contributed by atoms with Gasteiger partial charge in [-0.15, -0.1) is 10.2 Å². The first kappa shape index (κ1) is 16.5. The van der Waals surface area contributed by atoms with Gasteiger partial charge in [-0.1, -0.05) is 41.1 Å². The molecule has 0 amide bonds. The second kappa shape index (κ2) is 7.09. The van der Waals surface area contributed by atoms with Gasteiger partial charge < -0.3 is 4.90 Å². The molecule has 8 heteroatoms. The zero-order chi connectivity index (χ0) is 17.2. The van der Waals surface area contributed by atoms with Crippen LogP contribution in [0.5, 0.6) is 0 Å². The van der Waals surface area contributed by atoms with Gasteiger partial charge >= 0.3 is 0 Å². The minimum atomic E-state index is -0.196. The van der Waals surface area contributed by atoms with E-state index >= 15 is 0 Å². The lowest BCUT2D eigenvalue weighted by Gasteiger charge is -2.31. The molecule has 4 rings (SSSR count). The van der Waals surface area contributed by atoms with Crippen molar-refractivity contribution >= 4 is 28.1 Å². The van der Waals surface area contributed by atoms with E-state index in [4.69, 9.17) is 11.6 Å². The summed E-state index contributed by atoms with van der Waals surface area (Å²) >= 11 is 7.49. The summed E-state index contributed by atoms with van der Waals surface area (Å²) in [4.78, 5) is 2.24. The van der Waals surface area contributed by atoms with Crippen LogP contribution in [0, 0.1) is 5.82 Å². The van der Waals surface area contributed by atoms with Crippen molar-refractivity contribution in [3.8, 4) is 0 Å². The normalized spacial score (nSPS) is 15.7. The van der Waals surface area contributed by atoms with Crippen LogP contribution < -0.4 is 4.90 Å². The lowest BCUT2D eigenvalue weighted by atomic mass is 10.1. The molecule has 1 aliphatic rings. The number of rotatable bonds is 4. The van der Waals surface area contributed by atoms with Crippen molar-refractivity contribution in [1.82, 2.24) is 20.0 Å². The first-order valence-electron chi connectivity index (χ1n) is 8.19. The largest absolute Gasteiger partial charge is 0.347 e. The van der Waals surface area contributed by atoms with Crippen LogP contribution in [-0.2, 0) is 6.42 Å². The lowest BCUT2D eigenvalue weighted by molar-refractivity contribution is 0.366. The van der Waals surface area contributed by atoms with Gasteiger partial charge in [0.15, 0.2) is 0 Å². The summed E-state index contributed by atoms with van der Waals surface area (Å²) in [5.41, 5.74) is 0.652. The topological polar surface area (TPSA) is 46.8 Å². The zero-order valence-electron chi connectivity index (χ0n) is 13.5. The average Bonchev–Trinajstić information content (AvgIpc) is 3.26. The van der Waals surface area contributed by atoms with Gasteiger partial charge in [-0.2, -0.15) is 5.10 Å². The predicted octanol–water partition coefficient (Wildman–Crippen LogP) is 3.96. The Morgan fingerprint density at radius 3 is 2.72 bits per heavy atom. The lowest BCUT2D eigenvalue weighted by Crippen LogP contribution is -2.34. The molecule has 0 atom stereocenters. The van der Waals surface area contributed by atoms with E-state index in [0.29, 0.717) is 23.0 Å². The summed E-state index contributed by atoms with van der Waals surface area (Å²) in [6.45, 7) is 1.80. The first-order chi connectivity index (χ1) is 12.2. The van der Waals surface area contributed by atoms with E-state index in [-0.39, 0.29) is 5.82 Å². The summed E-state index contributed by atoms with van der Waals surface area (Å²) in [6, 6.07) is 7.17. The second-order valence-electron chi connectivity index (χ2n) is 6.10. The van der Waals surface area contributed by atoms with Crippen molar-refractivity contribution in [2.24, 2.45) is 0 Å². The van der Waals surface area contributed by atoms with Crippen LogP contribution in [-0.4, -0.2) is 33.1 Å². The smallest absolute Gasteiger partial charge is 0.208 e. The minimum Gasteiger partial charge on any atom is -0.347 e. The van der Waals surface area contributed by atoms with Crippen molar-refractivity contribution in [2.75, 3.05) is 18.0 Å². The van der Waals surface area contributed by atoms with Crippen LogP contribution in [0.1, 0.15) is 29.5 Å². The van der Waals surface area contributed by atoms with Crippen LogP contribution in [0.3, 0.4) is 0 Å². The highest BCUT2D eigenvalue weighted by molar-refractivity contribution is 7.15. The molecule has 130 valence electrons. The highest BCUT2D eigenvalue weighted by Gasteiger charge is 2.23. The molecule has 25 heavy (non-hydrogen) atoms. The Labute approximate surface area is 154 Å². The molecule has 3 heterocycles. The Hall–Kier alpha value is -1.99. The second-order valence-corrected chi connectivity index (χ2v) is 7.58. The Morgan fingerprint density at radius 1 is 1.20 bits per heavy atom. The molecule has 1 fully saturated rings. The SMILES string of the molecule is Fc1ccccc1Cc1nnc(N2CCC(n3cc(Cl)cn3)CC2)s1. The standard InChI is InChI=1S/C17H17ClFN5S/c18-13-10-20-24(11-13)14-5-7-23(8-6-14)17-22-21-16(25-17)9-12-3-1-2-4-15(12)19/h1-4,10-11,14H,5-9H2. The number of anilines is 1. The van der Waals surface area contributed by atoms with E-state index in [1.54, 1.807) is 18.3 Å². The average molecular weight is 378 g/mol. The van der Waals surface area contributed by atoms with E-state index in [2.05, 4.69) is 20.2 Å². The molecule has 1 aromatic carbocycles. The molecular weight excluding hydrogens is 361 g/mol. The number of nitrogens with zero attached hydrogens (tertiary/aromatic N) is 5. The van der Waals surface area contributed by atoms with Gasteiger partial charge in [0.25, 0.3) is 0 Å². The molecule has 0 spiro atoms. The molecular formula is C17H17ClFN5S.